The Hall–Kier alpha value is -2.01. The van der Waals surface area contributed by atoms with E-state index in [4.69, 9.17) is 4.74 Å². The van der Waals surface area contributed by atoms with E-state index in [0.717, 1.165) is 28.4 Å². The van der Waals surface area contributed by atoms with Crippen molar-refractivity contribution in [3.8, 4) is 5.75 Å². The van der Waals surface area contributed by atoms with Crippen LogP contribution in [0.15, 0.2) is 29.0 Å². The number of imidazole rings is 1. The van der Waals surface area contributed by atoms with E-state index in [1.54, 1.807) is 18.4 Å². The molecular formula is C13H13N3OS. The van der Waals surface area contributed by atoms with Crippen molar-refractivity contribution in [3.63, 3.8) is 0 Å². The summed E-state index contributed by atoms with van der Waals surface area (Å²) in [5.41, 5.74) is 4.19. The number of H-pyrrole nitrogens is 1. The van der Waals surface area contributed by atoms with E-state index >= 15 is 0 Å². The molecule has 0 fully saturated rings. The Morgan fingerprint density at radius 3 is 2.94 bits per heavy atom. The predicted octanol–water partition coefficient (Wildman–Crippen LogP) is 3.69. The van der Waals surface area contributed by atoms with Crippen LogP contribution in [0.4, 0.5) is 11.6 Å². The maximum absolute atomic E-state index is 5.19. The van der Waals surface area contributed by atoms with Crippen molar-refractivity contribution in [2.45, 2.75) is 6.92 Å². The van der Waals surface area contributed by atoms with Crippen LogP contribution in [0.1, 0.15) is 5.56 Å². The minimum atomic E-state index is 0.750. The minimum absolute atomic E-state index is 0.750. The summed E-state index contributed by atoms with van der Waals surface area (Å²) in [6.45, 7) is 2.07. The molecule has 2 N–H and O–H groups in total. The van der Waals surface area contributed by atoms with Crippen molar-refractivity contribution in [1.82, 2.24) is 9.97 Å². The molecule has 0 amide bonds. The van der Waals surface area contributed by atoms with Crippen LogP contribution in [0.5, 0.6) is 5.75 Å². The second-order valence-electron chi connectivity index (χ2n) is 4.06. The summed E-state index contributed by atoms with van der Waals surface area (Å²) in [5.74, 6) is 1.57. The average Bonchev–Trinajstić information content (AvgIpc) is 2.95. The third-order valence-corrected chi connectivity index (χ3v) is 3.66. The number of ether oxygens (including phenoxy) is 1. The van der Waals surface area contributed by atoms with Gasteiger partial charge in [0, 0.05) is 11.4 Å². The van der Waals surface area contributed by atoms with Crippen LogP contribution in [-0.2, 0) is 0 Å². The zero-order valence-electron chi connectivity index (χ0n) is 10.2. The van der Waals surface area contributed by atoms with Crippen molar-refractivity contribution >= 4 is 34.0 Å². The number of thiophene rings is 1. The number of aryl methyl sites for hydroxylation is 1. The van der Waals surface area contributed by atoms with Gasteiger partial charge in [-0.15, -0.1) is 11.3 Å². The normalized spacial score (nSPS) is 10.8. The van der Waals surface area contributed by atoms with E-state index in [0.29, 0.717) is 0 Å². The Morgan fingerprint density at radius 1 is 1.33 bits per heavy atom. The molecule has 2 aromatic heterocycles. The highest BCUT2D eigenvalue weighted by Crippen LogP contribution is 2.25. The fraction of sp³-hybridized carbons (Fsp3) is 0.154. The number of fused-ring (bicyclic) bond motifs is 1. The van der Waals surface area contributed by atoms with Gasteiger partial charge in [-0.2, -0.15) is 0 Å². The van der Waals surface area contributed by atoms with Crippen LogP contribution >= 0.6 is 11.3 Å². The summed E-state index contributed by atoms with van der Waals surface area (Å²) in [5, 5.41) is 7.46. The van der Waals surface area contributed by atoms with Gasteiger partial charge in [0.25, 0.3) is 0 Å². The highest BCUT2D eigenvalue weighted by atomic mass is 32.1. The lowest BCUT2D eigenvalue weighted by Gasteiger charge is -2.00. The van der Waals surface area contributed by atoms with Crippen molar-refractivity contribution in [3.05, 3.63) is 34.5 Å². The number of hydrogen-bond acceptors (Lipinski definition) is 4. The lowest BCUT2D eigenvalue weighted by Crippen LogP contribution is -1.91. The molecule has 0 aliphatic heterocycles. The number of aromatic nitrogens is 2. The Bertz CT molecular complexity index is 686. The summed E-state index contributed by atoms with van der Waals surface area (Å²) < 4.78 is 5.19. The summed E-state index contributed by atoms with van der Waals surface area (Å²) in [6.07, 6.45) is 0. The maximum atomic E-state index is 5.19. The van der Waals surface area contributed by atoms with Gasteiger partial charge < -0.3 is 15.0 Å². The van der Waals surface area contributed by atoms with Gasteiger partial charge in [0.15, 0.2) is 0 Å². The Labute approximate surface area is 109 Å². The minimum Gasteiger partial charge on any atom is -0.497 e. The van der Waals surface area contributed by atoms with Crippen molar-refractivity contribution < 1.29 is 4.74 Å². The van der Waals surface area contributed by atoms with Crippen LogP contribution in [0, 0.1) is 6.92 Å². The number of methoxy groups -OCH3 is 1. The maximum Gasteiger partial charge on any atom is 0.205 e. The van der Waals surface area contributed by atoms with Crippen LogP contribution in [0.25, 0.3) is 11.0 Å². The highest BCUT2D eigenvalue weighted by molar-refractivity contribution is 7.08. The van der Waals surface area contributed by atoms with Gasteiger partial charge in [-0.25, -0.2) is 4.98 Å². The fourth-order valence-corrected chi connectivity index (χ4v) is 2.57. The molecule has 1 aromatic carbocycles. The molecule has 0 radical (unpaired) electrons. The number of aromatic amines is 1. The molecule has 18 heavy (non-hydrogen) atoms. The Balaban J connectivity index is 1.96. The first-order chi connectivity index (χ1) is 8.76. The summed E-state index contributed by atoms with van der Waals surface area (Å²) in [4.78, 5) is 7.72. The standard InChI is InChI=1S/C13H13N3OS/c1-8-6-18-7-12(8)16-13-14-10-4-3-9(17-2)5-11(10)15-13/h3-7H,1-2H3,(H2,14,15,16). The molecule has 92 valence electrons. The Morgan fingerprint density at radius 2 is 2.22 bits per heavy atom. The van der Waals surface area contributed by atoms with Gasteiger partial charge >= 0.3 is 0 Å². The van der Waals surface area contributed by atoms with Crippen molar-refractivity contribution in [1.29, 1.82) is 0 Å². The number of rotatable bonds is 3. The van der Waals surface area contributed by atoms with Crippen LogP contribution in [0.3, 0.4) is 0 Å². The third-order valence-electron chi connectivity index (χ3n) is 2.80. The molecule has 0 aliphatic carbocycles. The predicted molar refractivity (Wildman–Crippen MR) is 75.0 cm³/mol. The largest absolute Gasteiger partial charge is 0.497 e. The van der Waals surface area contributed by atoms with Gasteiger partial charge in [-0.3, -0.25) is 0 Å². The molecule has 0 saturated heterocycles. The van der Waals surface area contributed by atoms with Gasteiger partial charge in [-0.05, 0) is 30.0 Å². The van der Waals surface area contributed by atoms with E-state index < -0.39 is 0 Å². The van der Waals surface area contributed by atoms with E-state index in [-0.39, 0.29) is 0 Å². The molecule has 0 bridgehead atoms. The number of anilines is 2. The van der Waals surface area contributed by atoms with E-state index in [2.05, 4.69) is 33.0 Å². The first kappa shape index (κ1) is 11.1. The number of nitrogens with zero attached hydrogens (tertiary/aromatic N) is 1. The number of benzene rings is 1. The number of hydrogen-bond donors (Lipinski definition) is 2. The molecule has 4 nitrogen and oxygen atoms in total. The second-order valence-corrected chi connectivity index (χ2v) is 4.81. The molecule has 3 aromatic rings. The van der Waals surface area contributed by atoms with Gasteiger partial charge in [0.1, 0.15) is 5.75 Å². The molecule has 5 heteroatoms. The average molecular weight is 259 g/mol. The topological polar surface area (TPSA) is 49.9 Å². The monoisotopic (exact) mass is 259 g/mol. The molecule has 0 aliphatic rings. The molecule has 2 heterocycles. The molecule has 3 rings (SSSR count). The molecule has 0 atom stereocenters. The third kappa shape index (κ3) is 1.93. The first-order valence-electron chi connectivity index (χ1n) is 5.60. The van der Waals surface area contributed by atoms with Crippen LogP contribution in [0.2, 0.25) is 0 Å². The molecule has 0 unspecified atom stereocenters. The van der Waals surface area contributed by atoms with E-state index in [1.807, 2.05) is 18.2 Å². The smallest absolute Gasteiger partial charge is 0.205 e. The SMILES string of the molecule is COc1ccc2nc(Nc3cscc3C)[nH]c2c1. The zero-order chi connectivity index (χ0) is 12.5. The number of nitrogens with one attached hydrogen (secondary N) is 2. The molecule has 0 saturated carbocycles. The van der Waals surface area contributed by atoms with Crippen molar-refractivity contribution in [2.75, 3.05) is 12.4 Å². The fourth-order valence-electron chi connectivity index (χ4n) is 1.79. The van der Waals surface area contributed by atoms with Gasteiger partial charge in [-0.1, -0.05) is 0 Å². The van der Waals surface area contributed by atoms with Crippen LogP contribution in [-0.4, -0.2) is 17.1 Å². The van der Waals surface area contributed by atoms with E-state index in [1.165, 1.54) is 5.56 Å². The van der Waals surface area contributed by atoms with Gasteiger partial charge in [0.05, 0.1) is 23.8 Å². The highest BCUT2D eigenvalue weighted by Gasteiger charge is 2.06. The van der Waals surface area contributed by atoms with E-state index in [9.17, 15) is 0 Å². The quantitative estimate of drug-likeness (QED) is 0.754. The van der Waals surface area contributed by atoms with Crippen LogP contribution < -0.4 is 10.1 Å². The second kappa shape index (κ2) is 4.34. The lowest BCUT2D eigenvalue weighted by atomic mass is 10.3. The zero-order valence-corrected chi connectivity index (χ0v) is 11.0. The molecule has 0 spiro atoms. The first-order valence-corrected chi connectivity index (χ1v) is 6.54. The Kier molecular flexibility index (Phi) is 2.68. The summed E-state index contributed by atoms with van der Waals surface area (Å²) in [6, 6.07) is 5.78. The van der Waals surface area contributed by atoms with Crippen molar-refractivity contribution in [2.24, 2.45) is 0 Å². The van der Waals surface area contributed by atoms with Gasteiger partial charge in [0.2, 0.25) is 5.95 Å². The lowest BCUT2D eigenvalue weighted by molar-refractivity contribution is 0.415. The summed E-state index contributed by atoms with van der Waals surface area (Å²) in [7, 11) is 1.66. The molecular weight excluding hydrogens is 246 g/mol. The summed E-state index contributed by atoms with van der Waals surface area (Å²) >= 11 is 1.67.